The van der Waals surface area contributed by atoms with Gasteiger partial charge < -0.3 is 20.5 Å². The molecule has 1 aromatic carbocycles. The van der Waals surface area contributed by atoms with Crippen molar-refractivity contribution < 1.29 is 19.4 Å². The molecule has 1 aliphatic heterocycles. The molecular weight excluding hydrogens is 272 g/mol. The zero-order valence-electron chi connectivity index (χ0n) is 12.2. The van der Waals surface area contributed by atoms with Crippen molar-refractivity contribution in [1.29, 1.82) is 0 Å². The molecule has 0 aromatic heterocycles. The molecule has 2 rings (SSSR count). The van der Waals surface area contributed by atoms with Gasteiger partial charge in [-0.15, -0.1) is 0 Å². The number of nitrogens with one attached hydrogen (secondary N) is 2. The van der Waals surface area contributed by atoms with Gasteiger partial charge in [0, 0.05) is 12.2 Å². The molecule has 0 saturated carbocycles. The second-order valence-corrected chi connectivity index (χ2v) is 5.24. The van der Waals surface area contributed by atoms with Crippen LogP contribution in [0.3, 0.4) is 0 Å². The average Bonchev–Trinajstić information content (AvgIpc) is 2.91. The first-order valence-electron chi connectivity index (χ1n) is 6.96. The van der Waals surface area contributed by atoms with Crippen molar-refractivity contribution in [2.45, 2.75) is 38.9 Å². The molecular formula is C15H20N2O4. The summed E-state index contributed by atoms with van der Waals surface area (Å²) >= 11 is 0. The van der Waals surface area contributed by atoms with Gasteiger partial charge in [0.2, 0.25) is 0 Å². The van der Waals surface area contributed by atoms with Crippen molar-refractivity contribution in [3.8, 4) is 0 Å². The van der Waals surface area contributed by atoms with Gasteiger partial charge in [-0.25, -0.2) is 9.59 Å². The minimum absolute atomic E-state index is 0.240. The van der Waals surface area contributed by atoms with E-state index < -0.39 is 12.1 Å². The monoisotopic (exact) mass is 292 g/mol. The Balaban J connectivity index is 1.80. The van der Waals surface area contributed by atoms with Gasteiger partial charge in [-0.05, 0) is 43.9 Å². The van der Waals surface area contributed by atoms with E-state index in [1.165, 1.54) is 0 Å². The van der Waals surface area contributed by atoms with Crippen molar-refractivity contribution in [2.75, 3.05) is 11.9 Å². The summed E-state index contributed by atoms with van der Waals surface area (Å²) in [6.07, 6.45) is 0.135. The van der Waals surface area contributed by atoms with E-state index in [0.29, 0.717) is 19.4 Å². The van der Waals surface area contributed by atoms with E-state index in [-0.39, 0.29) is 12.1 Å². The molecule has 3 N–H and O–H groups in total. The van der Waals surface area contributed by atoms with Gasteiger partial charge in [0.05, 0.1) is 6.10 Å². The summed E-state index contributed by atoms with van der Waals surface area (Å²) < 4.78 is 5.32. The van der Waals surface area contributed by atoms with Gasteiger partial charge in [-0.1, -0.05) is 12.1 Å². The third-order valence-corrected chi connectivity index (χ3v) is 3.73. The van der Waals surface area contributed by atoms with Crippen molar-refractivity contribution in [2.24, 2.45) is 0 Å². The van der Waals surface area contributed by atoms with Crippen LogP contribution in [0.5, 0.6) is 0 Å². The molecule has 1 aliphatic rings. The third kappa shape index (κ3) is 3.95. The van der Waals surface area contributed by atoms with Gasteiger partial charge in [-0.3, -0.25) is 0 Å². The maximum Gasteiger partial charge on any atom is 0.332 e. The summed E-state index contributed by atoms with van der Waals surface area (Å²) in [6.45, 7) is 4.24. The number of hydrogen-bond acceptors (Lipinski definition) is 3. The molecule has 6 heteroatoms. The second kappa shape index (κ2) is 6.58. The van der Waals surface area contributed by atoms with Crippen LogP contribution in [0.4, 0.5) is 10.5 Å². The molecule has 1 saturated heterocycles. The fourth-order valence-corrected chi connectivity index (χ4v) is 2.30. The molecule has 1 heterocycles. The number of ether oxygens (including phenoxy) is 1. The van der Waals surface area contributed by atoms with E-state index in [1.54, 1.807) is 0 Å². The smallest absolute Gasteiger partial charge is 0.332 e. The summed E-state index contributed by atoms with van der Waals surface area (Å²) in [6, 6.07) is 5.40. The second-order valence-electron chi connectivity index (χ2n) is 5.24. The molecule has 0 aliphatic carbocycles. The topological polar surface area (TPSA) is 87.7 Å². The Bertz CT molecular complexity index is 544. The number of hydrogen-bond donors (Lipinski definition) is 3. The first-order chi connectivity index (χ1) is 9.97. The number of urea groups is 1. The van der Waals surface area contributed by atoms with Crippen molar-refractivity contribution in [1.82, 2.24) is 5.32 Å². The predicted octanol–water partition coefficient (Wildman–Crippen LogP) is 2.06. The van der Waals surface area contributed by atoms with Crippen LogP contribution < -0.4 is 10.6 Å². The highest BCUT2D eigenvalue weighted by Gasteiger charge is 2.30. The van der Waals surface area contributed by atoms with E-state index in [9.17, 15) is 9.59 Å². The summed E-state index contributed by atoms with van der Waals surface area (Å²) in [7, 11) is 0. The van der Waals surface area contributed by atoms with Gasteiger partial charge in [0.25, 0.3) is 0 Å². The van der Waals surface area contributed by atoms with Gasteiger partial charge >= 0.3 is 12.0 Å². The fourth-order valence-electron chi connectivity index (χ4n) is 2.30. The fraction of sp³-hybridized carbons (Fsp3) is 0.467. The first-order valence-corrected chi connectivity index (χ1v) is 6.96. The molecule has 21 heavy (non-hydrogen) atoms. The van der Waals surface area contributed by atoms with Gasteiger partial charge in [0.1, 0.15) is 0 Å². The van der Waals surface area contributed by atoms with E-state index >= 15 is 0 Å². The lowest BCUT2D eigenvalue weighted by Gasteiger charge is -2.14. The van der Waals surface area contributed by atoms with Gasteiger partial charge in [-0.2, -0.15) is 0 Å². The number of carboxylic acid groups (broad SMARTS) is 1. The van der Waals surface area contributed by atoms with Crippen LogP contribution in [0.25, 0.3) is 0 Å². The number of aliphatic carboxylic acids is 1. The summed E-state index contributed by atoms with van der Waals surface area (Å²) in [5.41, 5.74) is 2.90. The lowest BCUT2D eigenvalue weighted by atomic mass is 10.1. The third-order valence-electron chi connectivity index (χ3n) is 3.73. The van der Waals surface area contributed by atoms with E-state index in [4.69, 9.17) is 9.84 Å². The molecule has 2 atom stereocenters. The maximum atomic E-state index is 11.9. The zero-order valence-corrected chi connectivity index (χ0v) is 12.2. The first kappa shape index (κ1) is 15.3. The number of carbonyl (C=O) groups excluding carboxylic acids is 1. The quantitative estimate of drug-likeness (QED) is 0.792. The standard InChI is InChI=1S/C15H20N2O4/c1-9-4-3-5-12(10(9)2)17-15(20)16-8-11-6-7-13(21-11)14(18)19/h3-5,11,13H,6-8H2,1-2H3,(H,18,19)(H2,16,17,20). The number of rotatable bonds is 4. The normalized spacial score (nSPS) is 21.0. The molecule has 0 bridgehead atoms. The van der Waals surface area contributed by atoms with Crippen LogP contribution in [0.15, 0.2) is 18.2 Å². The van der Waals surface area contributed by atoms with Gasteiger partial charge in [0.15, 0.2) is 6.10 Å². The highest BCUT2D eigenvalue weighted by molar-refractivity contribution is 5.90. The highest BCUT2D eigenvalue weighted by Crippen LogP contribution is 2.20. The Morgan fingerprint density at radius 3 is 2.76 bits per heavy atom. The Morgan fingerprint density at radius 2 is 2.10 bits per heavy atom. The Morgan fingerprint density at radius 1 is 1.33 bits per heavy atom. The van der Waals surface area contributed by atoms with Crippen LogP contribution in [-0.2, 0) is 9.53 Å². The van der Waals surface area contributed by atoms with Crippen LogP contribution in [0, 0.1) is 13.8 Å². The number of benzene rings is 1. The lowest BCUT2D eigenvalue weighted by molar-refractivity contribution is -0.149. The number of anilines is 1. The summed E-state index contributed by atoms with van der Waals surface area (Å²) in [5.74, 6) is -0.947. The Hall–Kier alpha value is -2.08. The van der Waals surface area contributed by atoms with Crippen LogP contribution >= 0.6 is 0 Å². The predicted molar refractivity (Wildman–Crippen MR) is 78.5 cm³/mol. The molecule has 6 nitrogen and oxygen atoms in total. The van der Waals surface area contributed by atoms with Crippen molar-refractivity contribution in [3.63, 3.8) is 0 Å². The minimum Gasteiger partial charge on any atom is -0.479 e. The number of amides is 2. The molecule has 1 fully saturated rings. The Labute approximate surface area is 123 Å². The number of carbonyl (C=O) groups is 2. The average molecular weight is 292 g/mol. The van der Waals surface area contributed by atoms with Crippen LogP contribution in [0.2, 0.25) is 0 Å². The number of aryl methyl sites for hydroxylation is 1. The van der Waals surface area contributed by atoms with Crippen molar-refractivity contribution >= 4 is 17.7 Å². The molecule has 0 radical (unpaired) electrons. The van der Waals surface area contributed by atoms with E-state index in [0.717, 1.165) is 16.8 Å². The summed E-state index contributed by atoms with van der Waals surface area (Å²) in [4.78, 5) is 22.6. The largest absolute Gasteiger partial charge is 0.479 e. The molecule has 2 unspecified atom stereocenters. The van der Waals surface area contributed by atoms with E-state index in [2.05, 4.69) is 10.6 Å². The maximum absolute atomic E-state index is 11.9. The summed E-state index contributed by atoms with van der Waals surface area (Å²) in [5, 5.41) is 14.3. The molecule has 2 amide bonds. The SMILES string of the molecule is Cc1cccc(NC(=O)NCC2CCC(C(=O)O)O2)c1C. The Kier molecular flexibility index (Phi) is 4.80. The van der Waals surface area contributed by atoms with Crippen LogP contribution in [-0.4, -0.2) is 35.9 Å². The van der Waals surface area contributed by atoms with E-state index in [1.807, 2.05) is 32.0 Å². The van der Waals surface area contributed by atoms with Crippen LogP contribution in [0.1, 0.15) is 24.0 Å². The van der Waals surface area contributed by atoms with Crippen molar-refractivity contribution in [3.05, 3.63) is 29.3 Å². The minimum atomic E-state index is -0.947. The number of carboxylic acids is 1. The molecule has 1 aromatic rings. The molecule has 114 valence electrons. The zero-order chi connectivity index (χ0) is 15.4. The molecule has 0 spiro atoms. The lowest BCUT2D eigenvalue weighted by Crippen LogP contribution is -2.36. The highest BCUT2D eigenvalue weighted by atomic mass is 16.5.